The summed E-state index contributed by atoms with van der Waals surface area (Å²) in [5.74, 6) is -3.86. The fraction of sp³-hybridized carbons (Fsp3) is 0.500. The Bertz CT molecular complexity index is 1430. The Kier molecular flexibility index (Phi) is 8.38. The molecule has 3 fully saturated rings. The molecule has 2 aromatic rings. The van der Waals surface area contributed by atoms with E-state index in [9.17, 15) is 42.2 Å². The van der Waals surface area contributed by atoms with Crippen molar-refractivity contribution in [3.8, 4) is 6.19 Å². The van der Waals surface area contributed by atoms with Gasteiger partial charge in [-0.3, -0.25) is 14.7 Å². The van der Waals surface area contributed by atoms with Crippen LogP contribution >= 0.6 is 10.2 Å². The molecule has 44 heavy (non-hydrogen) atoms. The molecule has 7 nitrogen and oxygen atoms in total. The topological polar surface area (TPSA) is 89.3 Å². The molecule has 3 atom stereocenters. The molecule has 1 saturated heterocycles. The summed E-state index contributed by atoms with van der Waals surface area (Å²) in [5.41, 5.74) is -0.373. The standard InChI is InChI=1S/C20H21F8N3OS.C8H10N2O/c1-31(16-2-4-17(5-3-16)33(24,25,26,27)28)18(13-10-14(21)12-29-11-13)19(32)30-15-6-8-20(22,23)9-7-15;9-6-10-4-2-7-1-3-8(7,10)5-11/h2-5,10-12,15,18H,6-9H2,1H3,(H,30,32);5,7H,1-4H2. The van der Waals surface area contributed by atoms with Gasteiger partial charge in [-0.1, -0.05) is 19.4 Å². The SMILES string of the molecule is CN(c1ccc(S(F)(F)(F)(F)F)cc1)C(C(=O)NC1CCC(F)(F)CC1)c1cncc(F)c1.N#CN1CCC2CCC21C=O. The van der Waals surface area contributed by atoms with Gasteiger partial charge in [-0.2, -0.15) is 5.26 Å². The predicted octanol–water partition coefficient (Wildman–Crippen LogP) is 7.27. The Labute approximate surface area is 248 Å². The molecule has 2 saturated carbocycles. The van der Waals surface area contributed by atoms with Crippen LogP contribution in [0.3, 0.4) is 0 Å². The molecule has 5 rings (SSSR count). The molecule has 2 heterocycles. The monoisotopic (exact) mass is 653 g/mol. The van der Waals surface area contributed by atoms with Gasteiger partial charge in [0.1, 0.15) is 28.6 Å². The van der Waals surface area contributed by atoms with E-state index < -0.39 is 57.7 Å². The first-order valence-corrected chi connectivity index (χ1v) is 15.7. The number of amides is 1. The minimum Gasteiger partial charge on any atom is -0.359 e. The Morgan fingerprint density at radius 2 is 1.73 bits per heavy atom. The molecule has 3 unspecified atom stereocenters. The van der Waals surface area contributed by atoms with Crippen LogP contribution in [0.1, 0.15) is 56.6 Å². The van der Waals surface area contributed by atoms with Gasteiger partial charge in [0.25, 0.3) is 0 Å². The first-order chi connectivity index (χ1) is 20.3. The predicted molar refractivity (Wildman–Crippen MR) is 147 cm³/mol. The molecule has 1 aromatic carbocycles. The summed E-state index contributed by atoms with van der Waals surface area (Å²) in [6, 6.07) is 1.03. The smallest absolute Gasteiger partial charge is 0.310 e. The minimum absolute atomic E-state index is 0.00910. The highest BCUT2D eigenvalue weighted by Crippen LogP contribution is 3.02. The maximum Gasteiger partial charge on any atom is 0.310 e. The number of aldehydes is 1. The molecular weight excluding hydrogens is 622 g/mol. The van der Waals surface area contributed by atoms with Crippen molar-refractivity contribution in [2.24, 2.45) is 5.92 Å². The van der Waals surface area contributed by atoms with Crippen molar-refractivity contribution in [2.75, 3.05) is 18.5 Å². The van der Waals surface area contributed by atoms with E-state index in [4.69, 9.17) is 5.26 Å². The number of aromatic nitrogens is 1. The third kappa shape index (κ3) is 7.19. The second-order valence-electron chi connectivity index (χ2n) is 11.4. The number of halogens is 8. The Balaban J connectivity index is 0.000000333. The second kappa shape index (κ2) is 11.1. The molecule has 1 aliphatic heterocycles. The number of nitrogens with one attached hydrogen (secondary N) is 1. The van der Waals surface area contributed by atoms with E-state index in [1.54, 1.807) is 4.90 Å². The second-order valence-corrected chi connectivity index (χ2v) is 13.8. The largest absolute Gasteiger partial charge is 0.359 e. The summed E-state index contributed by atoms with van der Waals surface area (Å²) in [4.78, 5) is 28.2. The number of hydrogen-bond acceptors (Lipinski definition) is 6. The average Bonchev–Trinajstić information content (AvgIpc) is 3.17. The van der Waals surface area contributed by atoms with E-state index in [1.807, 2.05) is 0 Å². The molecule has 1 amide bonds. The van der Waals surface area contributed by atoms with E-state index in [-0.39, 0.29) is 41.8 Å². The number of pyridine rings is 1. The maximum atomic E-state index is 13.8. The molecule has 2 aliphatic carbocycles. The Hall–Kier alpha value is -3.61. The van der Waals surface area contributed by atoms with E-state index >= 15 is 0 Å². The number of likely N-dealkylation sites (N-methyl/N-ethyl adjacent to an activating group) is 1. The van der Waals surface area contributed by atoms with E-state index in [1.165, 1.54) is 18.1 Å². The van der Waals surface area contributed by atoms with Gasteiger partial charge in [-0.05, 0) is 68.4 Å². The highest BCUT2D eigenvalue weighted by atomic mass is 32.5. The van der Waals surface area contributed by atoms with Crippen molar-refractivity contribution in [1.82, 2.24) is 15.2 Å². The summed E-state index contributed by atoms with van der Waals surface area (Å²) in [5, 5.41) is 11.3. The summed E-state index contributed by atoms with van der Waals surface area (Å²) in [7, 11) is -8.58. The lowest BCUT2D eigenvalue weighted by Crippen LogP contribution is -2.53. The lowest BCUT2D eigenvalue weighted by Gasteiger charge is -2.43. The number of fused-ring (bicyclic) bond motifs is 1. The summed E-state index contributed by atoms with van der Waals surface area (Å²) >= 11 is 0. The van der Waals surface area contributed by atoms with Crippen LogP contribution in [0.15, 0.2) is 47.6 Å². The van der Waals surface area contributed by atoms with Crippen LogP contribution < -0.4 is 10.2 Å². The van der Waals surface area contributed by atoms with Crippen LogP contribution in [0.4, 0.5) is 38.3 Å². The van der Waals surface area contributed by atoms with E-state index in [0.717, 1.165) is 56.5 Å². The minimum atomic E-state index is -9.88. The molecule has 0 radical (unpaired) electrons. The lowest BCUT2D eigenvalue weighted by molar-refractivity contribution is -0.124. The van der Waals surface area contributed by atoms with E-state index in [2.05, 4.69) is 16.5 Å². The van der Waals surface area contributed by atoms with Crippen molar-refractivity contribution in [3.05, 3.63) is 54.1 Å². The number of rotatable bonds is 7. The fourth-order valence-electron chi connectivity index (χ4n) is 5.93. The fourth-order valence-corrected chi connectivity index (χ4v) is 6.58. The van der Waals surface area contributed by atoms with Crippen LogP contribution in [0.25, 0.3) is 0 Å². The van der Waals surface area contributed by atoms with Crippen molar-refractivity contribution in [1.29, 1.82) is 5.26 Å². The highest BCUT2D eigenvalue weighted by Gasteiger charge is 2.65. The molecular formula is C28H31F8N5O2S. The Morgan fingerprint density at radius 3 is 2.20 bits per heavy atom. The van der Waals surface area contributed by atoms with Gasteiger partial charge in [-0.15, -0.1) is 0 Å². The molecule has 242 valence electrons. The summed E-state index contributed by atoms with van der Waals surface area (Å²) in [6.45, 7) is 0.778. The number of anilines is 1. The van der Waals surface area contributed by atoms with Gasteiger partial charge in [-0.25, -0.2) is 13.2 Å². The van der Waals surface area contributed by atoms with Gasteiger partial charge in [0.05, 0.1) is 6.20 Å². The zero-order valence-corrected chi connectivity index (χ0v) is 24.4. The van der Waals surface area contributed by atoms with Crippen molar-refractivity contribution < 1.29 is 42.2 Å². The molecule has 1 aromatic heterocycles. The average molecular weight is 654 g/mol. The normalized spacial score (nSPS) is 25.0. The van der Waals surface area contributed by atoms with Gasteiger partial charge in [0.2, 0.25) is 11.8 Å². The number of nitriles is 1. The number of likely N-dealkylation sites (tertiary alicyclic amines) is 1. The van der Waals surface area contributed by atoms with Crippen LogP contribution in [0.5, 0.6) is 0 Å². The maximum absolute atomic E-state index is 13.8. The zero-order chi connectivity index (χ0) is 32.6. The highest BCUT2D eigenvalue weighted by molar-refractivity contribution is 8.45. The van der Waals surface area contributed by atoms with Gasteiger partial charge in [0, 0.05) is 49.9 Å². The van der Waals surface area contributed by atoms with Gasteiger partial charge in [0.15, 0.2) is 6.19 Å². The third-order valence-electron chi connectivity index (χ3n) is 8.56. The molecule has 16 heteroatoms. The first-order valence-electron chi connectivity index (χ1n) is 13.8. The van der Waals surface area contributed by atoms with Crippen molar-refractivity contribution >= 4 is 28.1 Å². The number of carbonyl (C=O) groups is 2. The van der Waals surface area contributed by atoms with Gasteiger partial charge < -0.3 is 15.0 Å². The van der Waals surface area contributed by atoms with Crippen LogP contribution in [0, 0.1) is 23.2 Å². The molecule has 1 N–H and O–H groups in total. The quantitative estimate of drug-likeness (QED) is 0.192. The first kappa shape index (κ1) is 33.3. The lowest BCUT2D eigenvalue weighted by atomic mass is 9.68. The number of alkyl halides is 2. The van der Waals surface area contributed by atoms with E-state index in [0.29, 0.717) is 5.92 Å². The number of benzene rings is 1. The van der Waals surface area contributed by atoms with Crippen molar-refractivity contribution in [2.45, 2.75) is 73.4 Å². The van der Waals surface area contributed by atoms with Crippen molar-refractivity contribution in [3.63, 3.8) is 0 Å². The number of hydrogen-bond donors (Lipinski definition) is 1. The van der Waals surface area contributed by atoms with Crippen LogP contribution in [0.2, 0.25) is 0 Å². The van der Waals surface area contributed by atoms with Crippen LogP contribution in [-0.2, 0) is 9.59 Å². The molecule has 3 aliphatic rings. The molecule has 0 bridgehead atoms. The number of carbonyl (C=O) groups excluding carboxylic acids is 2. The van der Waals surface area contributed by atoms with Crippen LogP contribution in [-0.4, -0.2) is 53.2 Å². The Morgan fingerprint density at radius 1 is 1.09 bits per heavy atom. The summed E-state index contributed by atoms with van der Waals surface area (Å²) < 4.78 is 106. The summed E-state index contributed by atoms with van der Waals surface area (Å²) in [6.07, 6.45) is 7.31. The third-order valence-corrected chi connectivity index (χ3v) is 9.72. The van der Waals surface area contributed by atoms with Gasteiger partial charge >= 0.3 is 10.2 Å². The molecule has 0 spiro atoms. The number of nitrogens with zero attached hydrogens (tertiary/aromatic N) is 4. The zero-order valence-electron chi connectivity index (χ0n) is 23.5.